The van der Waals surface area contributed by atoms with Crippen molar-refractivity contribution in [3.63, 3.8) is 0 Å². The summed E-state index contributed by atoms with van der Waals surface area (Å²) in [5, 5.41) is 18.8. The molecule has 0 heterocycles. The molecule has 0 saturated carbocycles. The van der Waals surface area contributed by atoms with E-state index in [1.165, 1.54) is 0 Å². The summed E-state index contributed by atoms with van der Waals surface area (Å²) in [6.07, 6.45) is -0.507. The molecule has 24 heavy (non-hydrogen) atoms. The Kier molecular flexibility index (Phi) is 6.09. The summed E-state index contributed by atoms with van der Waals surface area (Å²) in [5.41, 5.74) is 3.10. The third kappa shape index (κ3) is 5.34. The third-order valence-electron chi connectivity index (χ3n) is 3.39. The highest BCUT2D eigenvalue weighted by atomic mass is 16.6. The van der Waals surface area contributed by atoms with Gasteiger partial charge in [0, 0.05) is 6.42 Å². The van der Waals surface area contributed by atoms with E-state index in [9.17, 15) is 24.6 Å². The van der Waals surface area contributed by atoms with E-state index in [1.54, 1.807) is 51.1 Å². The molecule has 1 unspecified atom stereocenters. The Morgan fingerprint density at radius 1 is 1.12 bits per heavy atom. The fourth-order valence-electron chi connectivity index (χ4n) is 2.16. The molecule has 132 valence electrons. The number of hydrogen-bond donors (Lipinski definition) is 3. The Labute approximate surface area is 140 Å². The van der Waals surface area contributed by atoms with Crippen molar-refractivity contribution < 1.29 is 29.3 Å². The fraction of sp³-hybridized carbons (Fsp3) is 0.471. The maximum atomic E-state index is 12.2. The molecule has 0 bridgehead atoms. The van der Waals surface area contributed by atoms with Crippen molar-refractivity contribution in [1.29, 1.82) is 0 Å². The average molecular weight is 337 g/mol. The molecule has 0 spiro atoms. The Balaban J connectivity index is 3.04. The number of hydrogen-bond acceptors (Lipinski definition) is 5. The topological polar surface area (TPSA) is 127 Å². The van der Waals surface area contributed by atoms with Crippen LogP contribution in [0.5, 0.6) is 0 Å². The molecule has 0 radical (unpaired) electrons. The van der Waals surface area contributed by atoms with Gasteiger partial charge in [0.15, 0.2) is 0 Å². The van der Waals surface area contributed by atoms with Crippen molar-refractivity contribution in [2.45, 2.75) is 44.8 Å². The minimum absolute atomic E-state index is 0.0607. The molecular formula is C17H23NO6. The van der Waals surface area contributed by atoms with Gasteiger partial charge in [0.05, 0.1) is 5.92 Å². The standard InChI is InChI=1S/C17H23NO6/c1-16(2,3)24-15(23)17(18,14(21)22)10-12(13(19)20)9-11-7-5-4-6-8-11/h4-8,12H,9-10,18H2,1-3H3,(H,19,20)(H,21,22)/t12?,17-/m0/s1. The van der Waals surface area contributed by atoms with Gasteiger partial charge in [0.1, 0.15) is 5.60 Å². The van der Waals surface area contributed by atoms with E-state index in [1.807, 2.05) is 0 Å². The number of carboxylic acids is 2. The van der Waals surface area contributed by atoms with Crippen LogP contribution in [-0.2, 0) is 25.5 Å². The number of benzene rings is 1. The Bertz CT molecular complexity index is 607. The van der Waals surface area contributed by atoms with Crippen molar-refractivity contribution in [3.8, 4) is 0 Å². The number of carboxylic acid groups (broad SMARTS) is 2. The van der Waals surface area contributed by atoms with Crippen molar-refractivity contribution in [2.75, 3.05) is 0 Å². The summed E-state index contributed by atoms with van der Waals surface area (Å²) in [4.78, 5) is 35.3. The maximum absolute atomic E-state index is 12.2. The van der Waals surface area contributed by atoms with Gasteiger partial charge in [-0.2, -0.15) is 0 Å². The van der Waals surface area contributed by atoms with Crippen LogP contribution >= 0.6 is 0 Å². The molecule has 0 aliphatic heterocycles. The van der Waals surface area contributed by atoms with Crippen LogP contribution < -0.4 is 5.73 Å². The fourth-order valence-corrected chi connectivity index (χ4v) is 2.16. The average Bonchev–Trinajstić information content (AvgIpc) is 2.45. The molecule has 0 fully saturated rings. The molecule has 0 saturated heterocycles. The summed E-state index contributed by atoms with van der Waals surface area (Å²) >= 11 is 0. The molecular weight excluding hydrogens is 314 g/mol. The van der Waals surface area contributed by atoms with Crippen LogP contribution in [0.1, 0.15) is 32.8 Å². The predicted octanol–water partition coefficient (Wildman–Crippen LogP) is 1.44. The SMILES string of the molecule is CC(C)(C)OC(=O)[C@](N)(CC(Cc1ccccc1)C(=O)O)C(=O)O. The monoisotopic (exact) mass is 337 g/mol. The molecule has 1 aromatic carbocycles. The van der Waals surface area contributed by atoms with Crippen LogP contribution in [0.3, 0.4) is 0 Å². The van der Waals surface area contributed by atoms with Gasteiger partial charge in [0.2, 0.25) is 5.54 Å². The first-order valence-electron chi connectivity index (χ1n) is 7.48. The van der Waals surface area contributed by atoms with E-state index in [2.05, 4.69) is 0 Å². The van der Waals surface area contributed by atoms with Gasteiger partial charge >= 0.3 is 17.9 Å². The second-order valence-electron chi connectivity index (χ2n) is 6.71. The lowest BCUT2D eigenvalue weighted by Gasteiger charge is -2.29. The van der Waals surface area contributed by atoms with Gasteiger partial charge in [-0.3, -0.25) is 4.79 Å². The van der Waals surface area contributed by atoms with Gasteiger partial charge in [-0.25, -0.2) is 9.59 Å². The van der Waals surface area contributed by atoms with E-state index in [-0.39, 0.29) is 6.42 Å². The van der Waals surface area contributed by atoms with Crippen LogP contribution in [0.2, 0.25) is 0 Å². The highest BCUT2D eigenvalue weighted by molar-refractivity contribution is 6.04. The largest absolute Gasteiger partial charge is 0.481 e. The minimum atomic E-state index is -2.43. The lowest BCUT2D eigenvalue weighted by atomic mass is 9.84. The van der Waals surface area contributed by atoms with E-state index in [0.717, 1.165) is 0 Å². The lowest BCUT2D eigenvalue weighted by molar-refractivity contribution is -0.170. The first-order chi connectivity index (χ1) is 11.0. The summed E-state index contributed by atoms with van der Waals surface area (Å²) in [6, 6.07) is 8.72. The molecule has 0 aliphatic rings. The number of esters is 1. The zero-order valence-corrected chi connectivity index (χ0v) is 14.0. The number of carbonyl (C=O) groups excluding carboxylic acids is 1. The van der Waals surface area contributed by atoms with Crippen LogP contribution in [-0.4, -0.2) is 39.3 Å². The molecule has 7 heteroatoms. The summed E-state index contributed by atoms with van der Waals surface area (Å²) in [6.45, 7) is 4.73. The van der Waals surface area contributed by atoms with Crippen LogP contribution in [0.4, 0.5) is 0 Å². The number of nitrogens with two attached hydrogens (primary N) is 1. The number of carbonyl (C=O) groups is 3. The summed E-state index contributed by atoms with van der Waals surface area (Å²) in [5.74, 6) is -5.13. The van der Waals surface area contributed by atoms with E-state index in [4.69, 9.17) is 10.5 Å². The van der Waals surface area contributed by atoms with Crippen LogP contribution in [0, 0.1) is 5.92 Å². The lowest BCUT2D eigenvalue weighted by Crippen LogP contribution is -2.58. The third-order valence-corrected chi connectivity index (χ3v) is 3.39. The quantitative estimate of drug-likeness (QED) is 0.507. The summed E-state index contributed by atoms with van der Waals surface area (Å²) in [7, 11) is 0. The second-order valence-corrected chi connectivity index (χ2v) is 6.71. The highest BCUT2D eigenvalue weighted by Crippen LogP contribution is 2.23. The summed E-state index contributed by atoms with van der Waals surface area (Å²) < 4.78 is 5.06. The van der Waals surface area contributed by atoms with Gasteiger partial charge in [-0.05, 0) is 32.8 Å². The molecule has 4 N–H and O–H groups in total. The first-order valence-corrected chi connectivity index (χ1v) is 7.48. The number of rotatable bonds is 7. The second kappa shape index (κ2) is 7.44. The van der Waals surface area contributed by atoms with Crippen molar-refractivity contribution in [1.82, 2.24) is 0 Å². The first kappa shape index (κ1) is 19.6. The van der Waals surface area contributed by atoms with Crippen molar-refractivity contribution >= 4 is 17.9 Å². The zero-order valence-electron chi connectivity index (χ0n) is 14.0. The Morgan fingerprint density at radius 2 is 1.67 bits per heavy atom. The van der Waals surface area contributed by atoms with Gasteiger partial charge in [-0.1, -0.05) is 30.3 Å². The van der Waals surface area contributed by atoms with E-state index < -0.39 is 41.4 Å². The normalized spacial score (nSPS) is 15.2. The molecule has 1 aromatic rings. The van der Waals surface area contributed by atoms with Crippen molar-refractivity contribution in [2.24, 2.45) is 11.7 Å². The van der Waals surface area contributed by atoms with Gasteiger partial charge in [0.25, 0.3) is 0 Å². The Hall–Kier alpha value is -2.41. The van der Waals surface area contributed by atoms with E-state index in [0.29, 0.717) is 5.56 Å². The predicted molar refractivity (Wildman–Crippen MR) is 86.3 cm³/mol. The zero-order chi connectivity index (χ0) is 18.5. The van der Waals surface area contributed by atoms with Crippen LogP contribution in [0.25, 0.3) is 0 Å². The smallest absolute Gasteiger partial charge is 0.338 e. The van der Waals surface area contributed by atoms with Gasteiger partial charge in [-0.15, -0.1) is 0 Å². The number of ether oxygens (including phenoxy) is 1. The van der Waals surface area contributed by atoms with Crippen molar-refractivity contribution in [3.05, 3.63) is 35.9 Å². The molecule has 2 atom stereocenters. The number of aliphatic carboxylic acids is 2. The molecule has 0 aliphatic carbocycles. The van der Waals surface area contributed by atoms with Gasteiger partial charge < -0.3 is 20.7 Å². The molecule has 1 rings (SSSR count). The highest BCUT2D eigenvalue weighted by Gasteiger charge is 2.48. The Morgan fingerprint density at radius 3 is 2.08 bits per heavy atom. The minimum Gasteiger partial charge on any atom is -0.481 e. The maximum Gasteiger partial charge on any atom is 0.338 e. The molecule has 0 amide bonds. The van der Waals surface area contributed by atoms with Crippen LogP contribution in [0.15, 0.2) is 30.3 Å². The molecule has 0 aromatic heterocycles. The molecule has 7 nitrogen and oxygen atoms in total. The van der Waals surface area contributed by atoms with E-state index >= 15 is 0 Å².